The Morgan fingerprint density at radius 2 is 1.88 bits per heavy atom. The van der Waals surface area contributed by atoms with Crippen LogP contribution < -0.4 is 5.73 Å². The normalized spacial score (nSPS) is 16.9. The third-order valence-corrected chi connectivity index (χ3v) is 5.65. The minimum Gasteiger partial charge on any atom is -0.369 e. The number of primary amides is 1. The van der Waals surface area contributed by atoms with Crippen LogP contribution in [0.1, 0.15) is 62.9 Å². The van der Waals surface area contributed by atoms with E-state index in [-0.39, 0.29) is 18.1 Å². The van der Waals surface area contributed by atoms with Gasteiger partial charge < -0.3 is 5.73 Å². The van der Waals surface area contributed by atoms with Crippen molar-refractivity contribution in [2.75, 3.05) is 0 Å². The molecule has 1 aliphatic carbocycles. The lowest BCUT2D eigenvalue weighted by Gasteiger charge is -2.21. The quantitative estimate of drug-likeness (QED) is 0.764. The van der Waals surface area contributed by atoms with Gasteiger partial charge in [-0.05, 0) is 30.7 Å². The highest BCUT2D eigenvalue weighted by Gasteiger charge is 2.27. The second-order valence-electron chi connectivity index (χ2n) is 7.93. The van der Waals surface area contributed by atoms with Crippen molar-refractivity contribution < 1.29 is 9.59 Å². The summed E-state index contributed by atoms with van der Waals surface area (Å²) >= 11 is 0. The molecule has 140 valence electrons. The summed E-state index contributed by atoms with van der Waals surface area (Å²) in [6.45, 7) is 4.70. The van der Waals surface area contributed by atoms with Gasteiger partial charge in [-0.25, -0.2) is 0 Å². The van der Waals surface area contributed by atoms with Crippen molar-refractivity contribution >= 4 is 22.6 Å². The molecule has 0 radical (unpaired) electrons. The van der Waals surface area contributed by atoms with Gasteiger partial charge in [0.2, 0.25) is 5.91 Å². The van der Waals surface area contributed by atoms with Crippen molar-refractivity contribution in [1.82, 2.24) is 9.78 Å². The number of hydrogen-bond acceptors (Lipinski definition) is 3. The van der Waals surface area contributed by atoms with Gasteiger partial charge in [0.1, 0.15) is 5.69 Å². The first-order valence-electron chi connectivity index (χ1n) is 9.75. The Hall–Kier alpha value is -2.17. The first kappa shape index (κ1) is 18.6. The fraction of sp³-hybridized carbons (Fsp3) is 0.571. The zero-order chi connectivity index (χ0) is 18.7. The predicted octanol–water partition coefficient (Wildman–Crippen LogP) is 3.95. The number of aromatic nitrogens is 2. The van der Waals surface area contributed by atoms with Crippen LogP contribution in [0.3, 0.4) is 0 Å². The van der Waals surface area contributed by atoms with Crippen molar-refractivity contribution in [3.8, 4) is 0 Å². The fourth-order valence-electron chi connectivity index (χ4n) is 4.05. The van der Waals surface area contributed by atoms with E-state index >= 15 is 0 Å². The lowest BCUT2D eigenvalue weighted by molar-refractivity contribution is -0.123. The van der Waals surface area contributed by atoms with Gasteiger partial charge in [-0.2, -0.15) is 5.10 Å². The Morgan fingerprint density at radius 3 is 2.54 bits per heavy atom. The molecule has 26 heavy (non-hydrogen) atoms. The van der Waals surface area contributed by atoms with Crippen LogP contribution in [0.2, 0.25) is 0 Å². The Bertz CT molecular complexity index is 788. The smallest absolute Gasteiger partial charge is 0.221 e. The Kier molecular flexibility index (Phi) is 5.74. The van der Waals surface area contributed by atoms with Crippen LogP contribution in [0.5, 0.6) is 0 Å². The number of nitrogens with zero attached hydrogens (tertiary/aromatic N) is 2. The molecule has 2 aromatic rings. The molecule has 1 saturated carbocycles. The maximum atomic E-state index is 12.9. The first-order valence-corrected chi connectivity index (χ1v) is 9.75. The number of ketones is 1. The van der Waals surface area contributed by atoms with Crippen molar-refractivity contribution in [3.63, 3.8) is 0 Å². The minimum absolute atomic E-state index is 0.0343. The Balaban J connectivity index is 1.88. The Labute approximate surface area is 154 Å². The highest BCUT2D eigenvalue weighted by atomic mass is 16.1. The maximum Gasteiger partial charge on any atom is 0.221 e. The number of benzene rings is 1. The van der Waals surface area contributed by atoms with Crippen molar-refractivity contribution in [2.24, 2.45) is 23.5 Å². The maximum absolute atomic E-state index is 12.9. The molecule has 1 fully saturated rings. The highest BCUT2D eigenvalue weighted by molar-refractivity contribution is 6.07. The molecular formula is C21H29N3O2. The zero-order valence-corrected chi connectivity index (χ0v) is 15.8. The molecule has 1 amide bonds. The number of nitrogens with two attached hydrogens (primary N) is 1. The van der Waals surface area contributed by atoms with E-state index in [2.05, 4.69) is 5.10 Å². The molecular weight excluding hydrogens is 326 g/mol. The summed E-state index contributed by atoms with van der Waals surface area (Å²) in [6.07, 6.45) is 6.47. The number of amides is 1. The van der Waals surface area contributed by atoms with Crippen LogP contribution in [0.15, 0.2) is 24.3 Å². The standard InChI is InChI=1S/C21H29N3O2/c1-14(2)17(21(22)26)12-19(25)20-16-10-6-7-11-18(16)24(23-20)13-15-8-4-3-5-9-15/h6-7,10-11,14-15,17H,3-5,8-9,12-13H2,1-2H3,(H2,22,26)/t17-/m0/s1. The van der Waals surface area contributed by atoms with E-state index in [4.69, 9.17) is 5.73 Å². The van der Waals surface area contributed by atoms with E-state index in [1.54, 1.807) is 0 Å². The molecule has 0 unspecified atom stereocenters. The van der Waals surface area contributed by atoms with Gasteiger partial charge in [0.15, 0.2) is 5.78 Å². The minimum atomic E-state index is -0.454. The van der Waals surface area contributed by atoms with Gasteiger partial charge in [-0.15, -0.1) is 0 Å². The third-order valence-electron chi connectivity index (χ3n) is 5.65. The number of fused-ring (bicyclic) bond motifs is 1. The molecule has 1 atom stereocenters. The molecule has 0 spiro atoms. The number of rotatable bonds is 7. The summed E-state index contributed by atoms with van der Waals surface area (Å²) in [7, 11) is 0. The monoisotopic (exact) mass is 355 g/mol. The number of hydrogen-bond donors (Lipinski definition) is 1. The van der Waals surface area contributed by atoms with Gasteiger partial charge in [0.05, 0.1) is 5.52 Å². The van der Waals surface area contributed by atoms with Gasteiger partial charge in [0, 0.05) is 24.3 Å². The van der Waals surface area contributed by atoms with Crippen molar-refractivity contribution in [2.45, 2.75) is 58.9 Å². The zero-order valence-electron chi connectivity index (χ0n) is 15.8. The molecule has 0 bridgehead atoms. The van der Waals surface area contributed by atoms with E-state index in [1.807, 2.05) is 42.8 Å². The summed E-state index contributed by atoms with van der Waals surface area (Å²) in [6, 6.07) is 7.88. The number of carbonyl (C=O) groups is 2. The first-order chi connectivity index (χ1) is 12.5. The van der Waals surface area contributed by atoms with Crippen LogP contribution >= 0.6 is 0 Å². The van der Waals surface area contributed by atoms with Gasteiger partial charge in [0.25, 0.3) is 0 Å². The number of para-hydroxylation sites is 1. The molecule has 3 rings (SSSR count). The second kappa shape index (κ2) is 8.02. The van der Waals surface area contributed by atoms with Crippen LogP contribution in [-0.4, -0.2) is 21.5 Å². The second-order valence-corrected chi connectivity index (χ2v) is 7.93. The molecule has 5 heteroatoms. The summed E-state index contributed by atoms with van der Waals surface area (Å²) in [5.41, 5.74) is 6.97. The van der Waals surface area contributed by atoms with E-state index in [0.29, 0.717) is 11.6 Å². The lowest BCUT2D eigenvalue weighted by atomic mass is 9.89. The van der Waals surface area contributed by atoms with E-state index in [9.17, 15) is 9.59 Å². The molecule has 2 N–H and O–H groups in total. The molecule has 5 nitrogen and oxygen atoms in total. The summed E-state index contributed by atoms with van der Waals surface area (Å²) < 4.78 is 1.99. The van der Waals surface area contributed by atoms with Crippen LogP contribution in [0.4, 0.5) is 0 Å². The molecule has 0 saturated heterocycles. The van der Waals surface area contributed by atoms with E-state index in [1.165, 1.54) is 32.1 Å². The van der Waals surface area contributed by atoms with E-state index < -0.39 is 11.8 Å². The highest BCUT2D eigenvalue weighted by Crippen LogP contribution is 2.28. The average molecular weight is 355 g/mol. The Morgan fingerprint density at radius 1 is 1.19 bits per heavy atom. The van der Waals surface area contributed by atoms with Crippen LogP contribution in [0.25, 0.3) is 10.9 Å². The predicted molar refractivity (Wildman–Crippen MR) is 103 cm³/mol. The van der Waals surface area contributed by atoms with Gasteiger partial charge in [-0.3, -0.25) is 14.3 Å². The van der Waals surface area contributed by atoms with Crippen LogP contribution in [0, 0.1) is 17.8 Å². The van der Waals surface area contributed by atoms with Gasteiger partial charge in [-0.1, -0.05) is 51.3 Å². The fourth-order valence-corrected chi connectivity index (χ4v) is 4.05. The van der Waals surface area contributed by atoms with E-state index in [0.717, 1.165) is 17.4 Å². The molecule has 1 aromatic carbocycles. The van der Waals surface area contributed by atoms with Crippen molar-refractivity contribution in [3.05, 3.63) is 30.0 Å². The summed E-state index contributed by atoms with van der Waals surface area (Å²) in [5.74, 6) is -0.304. The van der Waals surface area contributed by atoms with Crippen LogP contribution in [-0.2, 0) is 11.3 Å². The summed E-state index contributed by atoms with van der Waals surface area (Å²) in [4.78, 5) is 24.6. The molecule has 0 aliphatic heterocycles. The summed E-state index contributed by atoms with van der Waals surface area (Å²) in [5, 5.41) is 5.55. The molecule has 1 heterocycles. The van der Waals surface area contributed by atoms with Crippen molar-refractivity contribution in [1.29, 1.82) is 0 Å². The number of carbonyl (C=O) groups excluding carboxylic acids is 2. The molecule has 1 aromatic heterocycles. The van der Waals surface area contributed by atoms with Gasteiger partial charge >= 0.3 is 0 Å². The largest absolute Gasteiger partial charge is 0.369 e. The lowest BCUT2D eigenvalue weighted by Crippen LogP contribution is -2.29. The third kappa shape index (κ3) is 3.97. The molecule has 1 aliphatic rings. The number of Topliss-reactive ketones (excluding diaryl/α,β-unsaturated/α-hetero) is 1. The average Bonchev–Trinajstić information content (AvgIpc) is 2.99. The SMILES string of the molecule is CC(C)[C@H](CC(=O)c1nn(CC2CCCCC2)c2ccccc12)C(N)=O. The topological polar surface area (TPSA) is 78.0 Å².